The van der Waals surface area contributed by atoms with Crippen molar-refractivity contribution in [3.63, 3.8) is 0 Å². The SMILES string of the molecule is CCC(C)(C)C(=O)OC1(C)C2CC3CC(C2)CC1C3.CCC(C)(C)C(=O)OC1(C2CCC(=O)O2)C2CC3CC(C2)CC1C3. The Morgan fingerprint density at radius 3 is 1.47 bits per heavy atom. The van der Waals surface area contributed by atoms with E-state index in [-0.39, 0.29) is 35.0 Å². The molecule has 0 spiro atoms. The fourth-order valence-corrected chi connectivity index (χ4v) is 10.7. The Labute approximate surface area is 260 Å². The molecule has 8 saturated carbocycles. The lowest BCUT2D eigenvalue weighted by atomic mass is 9.48. The molecule has 0 radical (unpaired) electrons. The predicted molar refractivity (Wildman–Crippen MR) is 165 cm³/mol. The highest BCUT2D eigenvalue weighted by atomic mass is 16.6. The average molecular weight is 599 g/mol. The maximum atomic E-state index is 13.0. The maximum Gasteiger partial charge on any atom is 0.312 e. The zero-order valence-electron chi connectivity index (χ0n) is 28.0. The molecule has 0 N–H and O–H groups in total. The predicted octanol–water partition coefficient (Wildman–Crippen LogP) is 8.05. The smallest absolute Gasteiger partial charge is 0.312 e. The normalized spacial score (nSPS) is 44.1. The number of carbonyl (C=O) groups is 3. The Morgan fingerprint density at radius 2 is 1.09 bits per heavy atom. The zero-order chi connectivity index (χ0) is 30.9. The van der Waals surface area contributed by atoms with E-state index in [1.54, 1.807) is 0 Å². The van der Waals surface area contributed by atoms with E-state index < -0.39 is 11.0 Å². The minimum absolute atomic E-state index is 0.0185. The van der Waals surface area contributed by atoms with E-state index >= 15 is 0 Å². The molecule has 0 amide bonds. The second-order valence-corrected chi connectivity index (χ2v) is 17.4. The van der Waals surface area contributed by atoms with Gasteiger partial charge in [-0.25, -0.2) is 0 Å². The molecular weight excluding hydrogens is 540 g/mol. The molecule has 1 atom stereocenters. The fourth-order valence-electron chi connectivity index (χ4n) is 10.7. The third-order valence-electron chi connectivity index (χ3n) is 14.0. The van der Waals surface area contributed by atoms with Gasteiger partial charge in [0.05, 0.1) is 10.8 Å². The zero-order valence-corrected chi connectivity index (χ0v) is 28.0. The van der Waals surface area contributed by atoms with Gasteiger partial charge in [-0.05, 0) is 154 Å². The van der Waals surface area contributed by atoms with Crippen molar-refractivity contribution in [3.8, 4) is 0 Å². The molecule has 1 heterocycles. The third-order valence-corrected chi connectivity index (χ3v) is 14.0. The highest BCUT2D eigenvalue weighted by Crippen LogP contribution is 2.63. The van der Waals surface area contributed by atoms with Crippen LogP contribution in [0, 0.1) is 58.2 Å². The first kappa shape index (κ1) is 31.4. The van der Waals surface area contributed by atoms with E-state index in [2.05, 4.69) is 13.8 Å². The quantitative estimate of drug-likeness (QED) is 0.218. The van der Waals surface area contributed by atoms with Gasteiger partial charge >= 0.3 is 17.9 Å². The van der Waals surface area contributed by atoms with Crippen LogP contribution in [0.25, 0.3) is 0 Å². The van der Waals surface area contributed by atoms with E-state index in [0.717, 1.165) is 62.2 Å². The summed E-state index contributed by atoms with van der Waals surface area (Å²) in [5.41, 5.74) is -1.54. The standard InChI is InChI=1S/C20H30O4.C17H28O2/c1-4-19(2,3)18(22)24-20(16-5-6-17(21)23-16)14-8-12-7-13(10-14)11-15(20)9-12;1-5-16(2,3)15(18)19-17(4)13-7-11-6-12(9-13)10-14(17)8-11/h12-16H,4-11H2,1-3H3;11-14H,5-10H2,1-4H3. The number of hydrogen-bond donors (Lipinski definition) is 0. The van der Waals surface area contributed by atoms with Crippen molar-refractivity contribution in [2.24, 2.45) is 58.2 Å². The highest BCUT2D eigenvalue weighted by Gasteiger charge is 2.65. The van der Waals surface area contributed by atoms with Crippen LogP contribution >= 0.6 is 0 Å². The molecule has 9 rings (SSSR count). The van der Waals surface area contributed by atoms with Gasteiger partial charge in [0, 0.05) is 18.3 Å². The third kappa shape index (κ3) is 5.37. The van der Waals surface area contributed by atoms with Crippen LogP contribution in [0.4, 0.5) is 0 Å². The lowest BCUT2D eigenvalue weighted by Crippen LogP contribution is -2.65. The summed E-state index contributed by atoms with van der Waals surface area (Å²) < 4.78 is 18.2. The van der Waals surface area contributed by atoms with Crippen LogP contribution in [0.3, 0.4) is 0 Å². The van der Waals surface area contributed by atoms with Crippen molar-refractivity contribution < 1.29 is 28.6 Å². The Kier molecular flexibility index (Phi) is 8.06. The minimum atomic E-state index is -0.552. The number of cyclic esters (lactones) is 1. The van der Waals surface area contributed by atoms with Crippen molar-refractivity contribution in [3.05, 3.63) is 0 Å². The Bertz CT molecular complexity index is 1050. The summed E-state index contributed by atoms with van der Waals surface area (Å²) in [6.45, 7) is 14.3. The van der Waals surface area contributed by atoms with Crippen LogP contribution in [-0.4, -0.2) is 35.2 Å². The molecular formula is C37H58O6. The first-order valence-corrected chi connectivity index (χ1v) is 17.9. The average Bonchev–Trinajstić information content (AvgIpc) is 3.39. The number of ether oxygens (including phenoxy) is 3. The lowest BCUT2D eigenvalue weighted by molar-refractivity contribution is -0.247. The fraction of sp³-hybridized carbons (Fsp3) is 0.919. The van der Waals surface area contributed by atoms with Gasteiger partial charge in [0.2, 0.25) is 0 Å². The molecule has 1 aliphatic heterocycles. The molecule has 6 nitrogen and oxygen atoms in total. The second kappa shape index (κ2) is 11.0. The molecule has 1 saturated heterocycles. The summed E-state index contributed by atoms with van der Waals surface area (Å²) in [5.74, 6) is 5.21. The largest absolute Gasteiger partial charge is 0.458 e. The Morgan fingerprint density at radius 1 is 0.698 bits per heavy atom. The van der Waals surface area contributed by atoms with Gasteiger partial charge in [0.1, 0.15) is 11.7 Å². The van der Waals surface area contributed by atoms with Crippen molar-refractivity contribution in [2.45, 2.75) is 156 Å². The van der Waals surface area contributed by atoms with Gasteiger partial charge in [-0.2, -0.15) is 0 Å². The molecule has 0 aromatic rings. The molecule has 1 unspecified atom stereocenters. The van der Waals surface area contributed by atoms with Crippen LogP contribution in [0.2, 0.25) is 0 Å². The van der Waals surface area contributed by atoms with Crippen LogP contribution < -0.4 is 0 Å². The molecule has 0 aromatic carbocycles. The van der Waals surface area contributed by atoms with Crippen LogP contribution in [0.15, 0.2) is 0 Å². The van der Waals surface area contributed by atoms with Crippen LogP contribution in [-0.2, 0) is 28.6 Å². The molecule has 242 valence electrons. The Hall–Kier alpha value is -1.59. The topological polar surface area (TPSA) is 78.9 Å². The molecule has 43 heavy (non-hydrogen) atoms. The van der Waals surface area contributed by atoms with Gasteiger partial charge in [-0.3, -0.25) is 14.4 Å². The number of esters is 3. The van der Waals surface area contributed by atoms with E-state index in [1.165, 1.54) is 38.5 Å². The first-order valence-electron chi connectivity index (χ1n) is 17.9. The van der Waals surface area contributed by atoms with E-state index in [9.17, 15) is 14.4 Å². The van der Waals surface area contributed by atoms with E-state index in [4.69, 9.17) is 14.2 Å². The molecule has 9 fully saturated rings. The second-order valence-electron chi connectivity index (χ2n) is 17.4. The van der Waals surface area contributed by atoms with Crippen molar-refractivity contribution >= 4 is 17.9 Å². The summed E-state index contributed by atoms with van der Waals surface area (Å²) in [6.07, 6.45) is 15.1. The van der Waals surface area contributed by atoms with Gasteiger partial charge in [0.25, 0.3) is 0 Å². The van der Waals surface area contributed by atoms with Crippen molar-refractivity contribution in [1.29, 1.82) is 0 Å². The summed E-state index contributed by atoms with van der Waals surface area (Å²) in [5, 5.41) is 0. The summed E-state index contributed by atoms with van der Waals surface area (Å²) in [4.78, 5) is 37.2. The summed E-state index contributed by atoms with van der Waals surface area (Å²) in [6, 6.07) is 0. The van der Waals surface area contributed by atoms with E-state index in [1.807, 2.05) is 34.6 Å². The number of carbonyl (C=O) groups excluding carboxylic acids is 3. The summed E-state index contributed by atoms with van der Waals surface area (Å²) >= 11 is 0. The van der Waals surface area contributed by atoms with E-state index in [0.29, 0.717) is 36.5 Å². The molecule has 0 aromatic heterocycles. The minimum Gasteiger partial charge on any atom is -0.458 e. The van der Waals surface area contributed by atoms with Gasteiger partial charge in [0.15, 0.2) is 5.60 Å². The van der Waals surface area contributed by atoms with Gasteiger partial charge < -0.3 is 14.2 Å². The maximum absolute atomic E-state index is 13.0. The van der Waals surface area contributed by atoms with Crippen molar-refractivity contribution in [2.75, 3.05) is 0 Å². The first-order chi connectivity index (χ1) is 20.2. The number of hydrogen-bond acceptors (Lipinski definition) is 6. The molecule has 9 aliphatic rings. The van der Waals surface area contributed by atoms with Crippen molar-refractivity contribution in [1.82, 2.24) is 0 Å². The molecule has 8 aliphatic carbocycles. The highest BCUT2D eigenvalue weighted by molar-refractivity contribution is 5.77. The molecule has 8 bridgehead atoms. The summed E-state index contributed by atoms with van der Waals surface area (Å²) in [7, 11) is 0. The Balaban J connectivity index is 0.000000157. The van der Waals surface area contributed by atoms with Crippen LogP contribution in [0.5, 0.6) is 0 Å². The van der Waals surface area contributed by atoms with Crippen LogP contribution in [0.1, 0.15) is 138 Å². The van der Waals surface area contributed by atoms with Gasteiger partial charge in [-0.1, -0.05) is 13.8 Å². The number of rotatable bonds is 7. The lowest BCUT2D eigenvalue weighted by Gasteiger charge is -2.61. The van der Waals surface area contributed by atoms with Gasteiger partial charge in [-0.15, -0.1) is 0 Å². The monoisotopic (exact) mass is 598 g/mol. The molecule has 6 heteroatoms.